The molecule has 1 fully saturated rings. The van der Waals surface area contributed by atoms with Gasteiger partial charge in [0, 0.05) is 19.0 Å². The summed E-state index contributed by atoms with van der Waals surface area (Å²) in [6.07, 6.45) is -2.08. The van der Waals surface area contributed by atoms with E-state index in [-0.39, 0.29) is 17.5 Å². The Morgan fingerprint density at radius 3 is 2.72 bits per heavy atom. The fourth-order valence-corrected chi connectivity index (χ4v) is 4.73. The van der Waals surface area contributed by atoms with Gasteiger partial charge in [-0.05, 0) is 38.0 Å². The molecule has 4 nitrogen and oxygen atoms in total. The fourth-order valence-electron chi connectivity index (χ4n) is 2.99. The lowest BCUT2D eigenvalue weighted by atomic mass is 10.0. The monoisotopic (exact) mass is 377 g/mol. The van der Waals surface area contributed by atoms with Crippen LogP contribution in [0.25, 0.3) is 0 Å². The minimum absolute atomic E-state index is 0.280. The summed E-state index contributed by atoms with van der Waals surface area (Å²) in [5.41, 5.74) is -0.971. The number of benzene rings is 1. The van der Waals surface area contributed by atoms with Crippen molar-refractivity contribution < 1.29 is 26.3 Å². The molecule has 0 N–H and O–H groups in total. The van der Waals surface area contributed by atoms with Crippen molar-refractivity contribution in [1.82, 2.24) is 4.31 Å². The molecule has 0 saturated carbocycles. The number of ether oxygens (including phenoxy) is 1. The van der Waals surface area contributed by atoms with Crippen LogP contribution in [0.1, 0.15) is 38.2 Å². The van der Waals surface area contributed by atoms with E-state index in [0.29, 0.717) is 37.7 Å². The van der Waals surface area contributed by atoms with E-state index >= 15 is 0 Å². The van der Waals surface area contributed by atoms with Crippen LogP contribution < -0.4 is 0 Å². The second-order valence-electron chi connectivity index (χ2n) is 5.97. The van der Waals surface area contributed by atoms with Crippen LogP contribution in [0, 0.1) is 0 Å². The predicted molar refractivity (Wildman–Crippen MR) is 88.4 cm³/mol. The Hall–Kier alpha value is -1.54. The highest BCUT2D eigenvalue weighted by atomic mass is 32.2. The van der Waals surface area contributed by atoms with Crippen LogP contribution in [-0.4, -0.2) is 31.9 Å². The normalized spacial score (nSPS) is 19.6. The zero-order valence-corrected chi connectivity index (χ0v) is 14.9. The summed E-state index contributed by atoms with van der Waals surface area (Å²) >= 11 is 0. The van der Waals surface area contributed by atoms with Crippen LogP contribution >= 0.6 is 0 Å². The van der Waals surface area contributed by atoms with Gasteiger partial charge < -0.3 is 4.74 Å². The van der Waals surface area contributed by atoms with Crippen LogP contribution in [0.5, 0.6) is 0 Å². The van der Waals surface area contributed by atoms with Gasteiger partial charge in [-0.1, -0.05) is 19.1 Å². The molecule has 1 aliphatic rings. The molecule has 2 rings (SSSR count). The van der Waals surface area contributed by atoms with E-state index in [1.165, 1.54) is 10.4 Å². The van der Waals surface area contributed by atoms with Gasteiger partial charge >= 0.3 is 6.18 Å². The molecule has 1 aliphatic heterocycles. The number of alkyl halides is 3. The third kappa shape index (κ3) is 4.76. The van der Waals surface area contributed by atoms with Crippen LogP contribution in [-0.2, 0) is 20.9 Å². The smallest absolute Gasteiger partial charge is 0.416 e. The summed E-state index contributed by atoms with van der Waals surface area (Å²) in [6.45, 7) is 6.31. The van der Waals surface area contributed by atoms with Gasteiger partial charge in [-0.25, -0.2) is 8.42 Å². The molecular formula is C17H22F3NO3S. The molecule has 1 atom stereocenters. The van der Waals surface area contributed by atoms with Crippen molar-refractivity contribution in [3.05, 3.63) is 42.2 Å². The van der Waals surface area contributed by atoms with Crippen molar-refractivity contribution in [1.29, 1.82) is 0 Å². The van der Waals surface area contributed by atoms with Crippen molar-refractivity contribution >= 4 is 10.0 Å². The third-order valence-corrected chi connectivity index (χ3v) is 6.10. The van der Waals surface area contributed by atoms with Crippen LogP contribution in [0.3, 0.4) is 0 Å². The van der Waals surface area contributed by atoms with Crippen LogP contribution in [0.4, 0.5) is 13.2 Å². The van der Waals surface area contributed by atoms with Gasteiger partial charge in [0.25, 0.3) is 0 Å². The molecule has 1 aromatic rings. The minimum atomic E-state index is -4.59. The molecule has 0 aromatic heterocycles. The molecular weight excluding hydrogens is 355 g/mol. The second kappa shape index (κ2) is 7.78. The topological polar surface area (TPSA) is 46.6 Å². The van der Waals surface area contributed by atoms with Gasteiger partial charge in [-0.3, -0.25) is 0 Å². The summed E-state index contributed by atoms with van der Waals surface area (Å²) < 4.78 is 71.1. The Bertz CT molecular complexity index is 716. The Kier molecular flexibility index (Phi) is 6.16. The average molecular weight is 377 g/mol. The number of hydrogen-bond donors (Lipinski definition) is 0. The summed E-state index contributed by atoms with van der Waals surface area (Å²) in [7, 11) is -4.02. The van der Waals surface area contributed by atoms with Crippen molar-refractivity contribution in [2.75, 3.05) is 13.2 Å². The molecule has 0 spiro atoms. The van der Waals surface area contributed by atoms with Gasteiger partial charge in [-0.15, -0.1) is 0 Å². The van der Waals surface area contributed by atoms with Gasteiger partial charge in [0.15, 0.2) is 0 Å². The van der Waals surface area contributed by atoms with Crippen molar-refractivity contribution in [3.8, 4) is 0 Å². The van der Waals surface area contributed by atoms with E-state index in [1.807, 2.05) is 6.92 Å². The molecule has 0 radical (unpaired) electrons. The molecule has 8 heteroatoms. The Morgan fingerprint density at radius 1 is 1.36 bits per heavy atom. The molecule has 25 heavy (non-hydrogen) atoms. The van der Waals surface area contributed by atoms with E-state index in [1.54, 1.807) is 0 Å². The van der Waals surface area contributed by atoms with Crippen molar-refractivity contribution in [2.45, 2.75) is 49.7 Å². The molecule has 0 amide bonds. The van der Waals surface area contributed by atoms with Crippen molar-refractivity contribution in [3.63, 3.8) is 0 Å². The molecule has 0 bridgehead atoms. The van der Waals surface area contributed by atoms with Gasteiger partial charge in [-0.2, -0.15) is 17.5 Å². The quantitative estimate of drug-likeness (QED) is 0.699. The number of hydrogen-bond acceptors (Lipinski definition) is 3. The van der Waals surface area contributed by atoms with E-state index < -0.39 is 21.8 Å². The summed E-state index contributed by atoms with van der Waals surface area (Å²) in [5.74, 6) is 0.485. The first-order chi connectivity index (χ1) is 11.7. The first-order valence-electron chi connectivity index (χ1n) is 8.16. The lowest BCUT2D eigenvalue weighted by molar-refractivity contribution is -0.137. The maximum absolute atomic E-state index is 12.9. The maximum Gasteiger partial charge on any atom is 0.416 e. The zero-order chi connectivity index (χ0) is 18.7. The summed E-state index contributed by atoms with van der Waals surface area (Å²) in [5, 5.41) is 0. The average Bonchev–Trinajstić information content (AvgIpc) is 2.55. The molecule has 1 saturated heterocycles. The molecule has 0 aliphatic carbocycles. The standard InChI is InChI=1S/C17H22F3NO3S/c1-3-24-13(2)11-15-8-4-5-10-21(15)25(22,23)16-9-6-7-14(12-16)17(18,19)20/h6-7,9,12,15H,2-5,8,10-11H2,1H3. The SMILES string of the molecule is C=C(CC1CCCCN1S(=O)(=O)c1cccc(C(F)(F)F)c1)OCC. The lowest BCUT2D eigenvalue weighted by Crippen LogP contribution is -2.43. The van der Waals surface area contributed by atoms with Gasteiger partial charge in [0.05, 0.1) is 22.8 Å². The maximum atomic E-state index is 12.9. The fraction of sp³-hybridized carbons (Fsp3) is 0.529. The molecule has 140 valence electrons. The molecule has 1 heterocycles. The number of nitrogens with zero attached hydrogens (tertiary/aromatic N) is 1. The highest BCUT2D eigenvalue weighted by molar-refractivity contribution is 7.89. The van der Waals surface area contributed by atoms with Gasteiger partial charge in [0.1, 0.15) is 0 Å². The number of piperidine rings is 1. The van der Waals surface area contributed by atoms with Crippen LogP contribution in [0.15, 0.2) is 41.5 Å². The molecule has 1 unspecified atom stereocenters. The van der Waals surface area contributed by atoms with E-state index in [0.717, 1.165) is 18.6 Å². The predicted octanol–water partition coefficient (Wildman–Crippen LogP) is 4.19. The zero-order valence-electron chi connectivity index (χ0n) is 14.1. The first kappa shape index (κ1) is 19.8. The minimum Gasteiger partial charge on any atom is -0.499 e. The van der Waals surface area contributed by atoms with E-state index in [4.69, 9.17) is 4.74 Å². The number of rotatable bonds is 6. The lowest BCUT2D eigenvalue weighted by Gasteiger charge is -2.35. The Morgan fingerprint density at radius 2 is 2.08 bits per heavy atom. The Labute approximate surface area is 146 Å². The summed E-state index contributed by atoms with van der Waals surface area (Å²) in [6, 6.07) is 3.52. The third-order valence-electron chi connectivity index (χ3n) is 4.15. The number of sulfonamides is 1. The van der Waals surface area contributed by atoms with E-state index in [9.17, 15) is 21.6 Å². The highest BCUT2D eigenvalue weighted by Crippen LogP contribution is 2.33. The highest BCUT2D eigenvalue weighted by Gasteiger charge is 2.36. The summed E-state index contributed by atoms with van der Waals surface area (Å²) in [4.78, 5) is -0.337. The number of halogens is 3. The molecule has 1 aromatic carbocycles. The second-order valence-corrected chi connectivity index (χ2v) is 7.86. The van der Waals surface area contributed by atoms with Crippen LogP contribution in [0.2, 0.25) is 0 Å². The van der Waals surface area contributed by atoms with Crippen molar-refractivity contribution in [2.24, 2.45) is 0 Å². The largest absolute Gasteiger partial charge is 0.499 e. The first-order valence-corrected chi connectivity index (χ1v) is 9.60. The van der Waals surface area contributed by atoms with Gasteiger partial charge in [0.2, 0.25) is 10.0 Å². The Balaban J connectivity index is 2.31. The van der Waals surface area contributed by atoms with E-state index in [2.05, 4.69) is 6.58 Å².